The molecular formula is C10H16N2O2. The summed E-state index contributed by atoms with van der Waals surface area (Å²) in [6, 6.07) is 1.53. The third-order valence-electron chi connectivity index (χ3n) is 1.89. The van der Waals surface area contributed by atoms with E-state index in [9.17, 15) is 4.79 Å². The van der Waals surface area contributed by atoms with Crippen molar-refractivity contribution in [3.8, 4) is 0 Å². The third kappa shape index (κ3) is 3.30. The topological polar surface area (TPSA) is 55.0 Å². The lowest BCUT2D eigenvalue weighted by Gasteiger charge is -2.02. The molecule has 0 atom stereocenters. The molecule has 4 heteroatoms. The number of H-pyrrole nitrogens is 1. The quantitative estimate of drug-likeness (QED) is 0.712. The summed E-state index contributed by atoms with van der Waals surface area (Å²) in [7, 11) is 0. The third-order valence-corrected chi connectivity index (χ3v) is 1.89. The van der Waals surface area contributed by atoms with E-state index in [1.54, 1.807) is 0 Å². The van der Waals surface area contributed by atoms with E-state index in [2.05, 4.69) is 9.97 Å². The van der Waals surface area contributed by atoms with Crippen LogP contribution in [0.2, 0.25) is 0 Å². The van der Waals surface area contributed by atoms with Gasteiger partial charge in [0.05, 0.1) is 6.61 Å². The molecule has 1 aromatic rings. The predicted molar refractivity (Wildman–Crippen MR) is 54.4 cm³/mol. The second-order valence-corrected chi connectivity index (χ2v) is 2.98. The minimum Gasteiger partial charge on any atom is -0.381 e. The molecule has 0 spiro atoms. The van der Waals surface area contributed by atoms with Gasteiger partial charge in [0, 0.05) is 24.8 Å². The molecule has 1 heterocycles. The number of rotatable bonds is 5. The molecule has 1 rings (SSSR count). The van der Waals surface area contributed by atoms with Crippen molar-refractivity contribution in [2.45, 2.75) is 26.7 Å². The molecule has 0 aliphatic heterocycles. The highest BCUT2D eigenvalue weighted by molar-refractivity contribution is 5.02. The van der Waals surface area contributed by atoms with Gasteiger partial charge in [0.25, 0.3) is 5.56 Å². The molecule has 78 valence electrons. The molecule has 0 unspecified atom stereocenters. The van der Waals surface area contributed by atoms with E-state index >= 15 is 0 Å². The van der Waals surface area contributed by atoms with Crippen molar-refractivity contribution < 1.29 is 4.74 Å². The number of hydrogen-bond acceptors (Lipinski definition) is 3. The Balaban J connectivity index is 2.67. The summed E-state index contributed by atoms with van der Waals surface area (Å²) < 4.78 is 5.19. The maximum Gasteiger partial charge on any atom is 0.251 e. The van der Waals surface area contributed by atoms with Gasteiger partial charge in [-0.25, -0.2) is 4.98 Å². The average molecular weight is 196 g/mol. The lowest BCUT2D eigenvalue weighted by atomic mass is 10.3. The Kier molecular flexibility index (Phi) is 4.32. The summed E-state index contributed by atoms with van der Waals surface area (Å²) in [6.45, 7) is 5.22. The van der Waals surface area contributed by atoms with Crippen LogP contribution in [0.4, 0.5) is 0 Å². The minimum absolute atomic E-state index is 0.0802. The largest absolute Gasteiger partial charge is 0.381 e. The Hall–Kier alpha value is -1.16. The zero-order chi connectivity index (χ0) is 10.4. The van der Waals surface area contributed by atoms with Crippen molar-refractivity contribution in [3.63, 3.8) is 0 Å². The summed E-state index contributed by atoms with van der Waals surface area (Å²) in [5.74, 6) is 0.711. The van der Waals surface area contributed by atoms with Crippen molar-refractivity contribution in [2.24, 2.45) is 0 Å². The number of ether oxygens (including phenoxy) is 1. The predicted octanol–water partition coefficient (Wildman–Crippen LogP) is 0.911. The normalized spacial score (nSPS) is 10.4. The molecule has 0 amide bonds. The number of aromatic amines is 1. The van der Waals surface area contributed by atoms with E-state index in [1.165, 1.54) is 6.07 Å². The van der Waals surface area contributed by atoms with Gasteiger partial charge in [-0.05, 0) is 13.3 Å². The molecule has 0 fully saturated rings. The molecule has 0 aromatic carbocycles. The molecule has 14 heavy (non-hydrogen) atoms. The fourth-order valence-electron chi connectivity index (χ4n) is 1.18. The number of nitrogens with zero attached hydrogens (tertiary/aromatic N) is 1. The van der Waals surface area contributed by atoms with Crippen molar-refractivity contribution in [3.05, 3.63) is 27.9 Å². The van der Waals surface area contributed by atoms with Gasteiger partial charge in [0.15, 0.2) is 0 Å². The first kappa shape index (κ1) is 10.9. The lowest BCUT2D eigenvalue weighted by molar-refractivity contribution is 0.149. The van der Waals surface area contributed by atoms with Gasteiger partial charge in [-0.1, -0.05) is 6.92 Å². The number of hydrogen-bond donors (Lipinski definition) is 1. The van der Waals surface area contributed by atoms with E-state index in [0.717, 1.165) is 12.1 Å². The first-order valence-electron chi connectivity index (χ1n) is 4.93. The highest BCUT2D eigenvalue weighted by atomic mass is 16.5. The molecule has 0 aliphatic carbocycles. The molecular weight excluding hydrogens is 180 g/mol. The molecule has 0 radical (unpaired) electrons. The zero-order valence-electron chi connectivity index (χ0n) is 8.67. The maximum atomic E-state index is 11.2. The van der Waals surface area contributed by atoms with E-state index in [0.29, 0.717) is 25.5 Å². The molecule has 1 N–H and O–H groups in total. The Morgan fingerprint density at radius 2 is 2.29 bits per heavy atom. The highest BCUT2D eigenvalue weighted by Crippen LogP contribution is 1.94. The van der Waals surface area contributed by atoms with Gasteiger partial charge >= 0.3 is 0 Å². The first-order chi connectivity index (χ1) is 6.76. The van der Waals surface area contributed by atoms with Crippen LogP contribution in [0.1, 0.15) is 25.4 Å². The van der Waals surface area contributed by atoms with E-state index < -0.39 is 0 Å². The Morgan fingerprint density at radius 1 is 1.50 bits per heavy atom. The highest BCUT2D eigenvalue weighted by Gasteiger charge is 1.99. The van der Waals surface area contributed by atoms with Crippen molar-refractivity contribution in [2.75, 3.05) is 13.2 Å². The number of aromatic nitrogens is 2. The van der Waals surface area contributed by atoms with Crippen molar-refractivity contribution in [1.29, 1.82) is 0 Å². The Labute approximate surface area is 83.3 Å². The minimum atomic E-state index is -0.0802. The van der Waals surface area contributed by atoms with Crippen molar-refractivity contribution >= 4 is 0 Å². The van der Waals surface area contributed by atoms with Crippen LogP contribution >= 0.6 is 0 Å². The SMILES string of the molecule is CCOCCc1nc(CC)cc(=O)[nH]1. The van der Waals surface area contributed by atoms with Crippen LogP contribution in [0.3, 0.4) is 0 Å². The smallest absolute Gasteiger partial charge is 0.251 e. The van der Waals surface area contributed by atoms with Crippen LogP contribution in [0.5, 0.6) is 0 Å². The van der Waals surface area contributed by atoms with Crippen LogP contribution in [0.25, 0.3) is 0 Å². The zero-order valence-corrected chi connectivity index (χ0v) is 8.67. The Bertz CT molecular complexity index is 333. The average Bonchev–Trinajstić information content (AvgIpc) is 2.17. The van der Waals surface area contributed by atoms with Crippen molar-refractivity contribution in [1.82, 2.24) is 9.97 Å². The van der Waals surface area contributed by atoms with Crippen LogP contribution in [-0.4, -0.2) is 23.2 Å². The summed E-state index contributed by atoms with van der Waals surface area (Å²) in [4.78, 5) is 18.1. The van der Waals surface area contributed by atoms with Gasteiger partial charge in [0.2, 0.25) is 0 Å². The number of nitrogens with one attached hydrogen (secondary N) is 1. The van der Waals surface area contributed by atoms with Crippen LogP contribution in [0, 0.1) is 0 Å². The summed E-state index contributed by atoms with van der Waals surface area (Å²) in [5.41, 5.74) is 0.753. The Morgan fingerprint density at radius 3 is 2.93 bits per heavy atom. The summed E-state index contributed by atoms with van der Waals surface area (Å²) >= 11 is 0. The van der Waals surface area contributed by atoms with Crippen LogP contribution in [-0.2, 0) is 17.6 Å². The fraction of sp³-hybridized carbons (Fsp3) is 0.600. The van der Waals surface area contributed by atoms with Gasteiger partial charge in [-0.2, -0.15) is 0 Å². The van der Waals surface area contributed by atoms with E-state index in [-0.39, 0.29) is 5.56 Å². The van der Waals surface area contributed by atoms with Crippen LogP contribution in [0.15, 0.2) is 10.9 Å². The summed E-state index contributed by atoms with van der Waals surface area (Å²) in [6.07, 6.45) is 1.45. The molecule has 0 saturated heterocycles. The molecule has 0 aliphatic rings. The molecule has 4 nitrogen and oxygen atoms in total. The molecule has 0 bridgehead atoms. The van der Waals surface area contributed by atoms with Crippen LogP contribution < -0.4 is 5.56 Å². The van der Waals surface area contributed by atoms with E-state index in [1.807, 2.05) is 13.8 Å². The second kappa shape index (κ2) is 5.54. The second-order valence-electron chi connectivity index (χ2n) is 2.98. The van der Waals surface area contributed by atoms with Gasteiger partial charge < -0.3 is 9.72 Å². The van der Waals surface area contributed by atoms with Gasteiger partial charge in [0.1, 0.15) is 5.82 Å². The lowest BCUT2D eigenvalue weighted by Crippen LogP contribution is -2.14. The maximum absolute atomic E-state index is 11.2. The fourth-order valence-corrected chi connectivity index (χ4v) is 1.18. The first-order valence-corrected chi connectivity index (χ1v) is 4.93. The van der Waals surface area contributed by atoms with E-state index in [4.69, 9.17) is 4.74 Å². The molecule has 1 aromatic heterocycles. The monoisotopic (exact) mass is 196 g/mol. The van der Waals surface area contributed by atoms with Gasteiger partial charge in [-0.3, -0.25) is 4.79 Å². The standard InChI is InChI=1S/C10H16N2O2/c1-3-8-7-10(13)12-9(11-8)5-6-14-4-2/h7H,3-6H2,1-2H3,(H,11,12,13). The number of aryl methyl sites for hydroxylation is 1. The van der Waals surface area contributed by atoms with Gasteiger partial charge in [-0.15, -0.1) is 0 Å². The summed E-state index contributed by atoms with van der Waals surface area (Å²) in [5, 5.41) is 0. The molecule has 0 saturated carbocycles.